The Balaban J connectivity index is 1.83. The molecule has 0 heterocycles. The number of rotatable bonds is 9. The lowest BCUT2D eigenvalue weighted by atomic mass is 10.2. The summed E-state index contributed by atoms with van der Waals surface area (Å²) in [4.78, 5) is 23.8. The molecule has 0 bridgehead atoms. The fourth-order valence-corrected chi connectivity index (χ4v) is 2.14. The zero-order valence-electron chi connectivity index (χ0n) is 15.1. The highest BCUT2D eigenvalue weighted by Gasteiger charge is 2.20. The molecule has 0 aliphatic rings. The minimum Gasteiger partial charge on any atom is -0.489 e. The molecule has 0 aliphatic heterocycles. The van der Waals surface area contributed by atoms with Crippen molar-refractivity contribution in [1.82, 2.24) is 0 Å². The highest BCUT2D eigenvalue weighted by molar-refractivity contribution is 5.91. The Hall–Kier alpha value is -2.82. The van der Waals surface area contributed by atoms with Crippen LogP contribution in [0.25, 0.3) is 0 Å². The van der Waals surface area contributed by atoms with Crippen LogP contribution in [0.5, 0.6) is 5.75 Å². The number of hydrogen-bond donors (Lipinski definition) is 0. The van der Waals surface area contributed by atoms with Crippen molar-refractivity contribution in [2.75, 3.05) is 6.61 Å². The molecule has 138 valence electrons. The van der Waals surface area contributed by atoms with Gasteiger partial charge in [-0.3, -0.25) is 0 Å². The Morgan fingerprint density at radius 2 is 1.69 bits per heavy atom. The average Bonchev–Trinajstić information content (AvgIpc) is 2.67. The zero-order valence-corrected chi connectivity index (χ0v) is 15.1. The third-order valence-electron chi connectivity index (χ3n) is 3.70. The van der Waals surface area contributed by atoms with Crippen LogP contribution >= 0.6 is 0 Å². The third kappa shape index (κ3) is 6.24. The van der Waals surface area contributed by atoms with Crippen LogP contribution in [-0.2, 0) is 20.9 Å². The lowest BCUT2D eigenvalue weighted by Gasteiger charge is -2.13. The van der Waals surface area contributed by atoms with E-state index in [1.807, 2.05) is 37.3 Å². The molecular formula is C21H24O5. The third-order valence-corrected chi connectivity index (χ3v) is 3.70. The molecule has 1 atom stereocenters. The van der Waals surface area contributed by atoms with Gasteiger partial charge >= 0.3 is 11.9 Å². The molecule has 2 aromatic carbocycles. The number of ether oxygens (including phenoxy) is 3. The van der Waals surface area contributed by atoms with Gasteiger partial charge in [0.15, 0.2) is 6.10 Å². The minimum absolute atomic E-state index is 0.338. The predicted molar refractivity (Wildman–Crippen MR) is 98.0 cm³/mol. The van der Waals surface area contributed by atoms with Gasteiger partial charge in [0.05, 0.1) is 12.2 Å². The second kappa shape index (κ2) is 10.2. The molecular weight excluding hydrogens is 332 g/mol. The molecule has 0 aliphatic carbocycles. The molecule has 0 aromatic heterocycles. The van der Waals surface area contributed by atoms with Crippen molar-refractivity contribution in [3.63, 3.8) is 0 Å². The summed E-state index contributed by atoms with van der Waals surface area (Å²) in [5.74, 6) is -0.452. The van der Waals surface area contributed by atoms with Crippen LogP contribution in [0, 0.1) is 0 Å². The summed E-state index contributed by atoms with van der Waals surface area (Å²) in [6.07, 6.45) is 0.783. The smallest absolute Gasteiger partial charge is 0.347 e. The Kier molecular flexibility index (Phi) is 7.68. The summed E-state index contributed by atoms with van der Waals surface area (Å²) in [7, 11) is 0. The van der Waals surface area contributed by atoms with Crippen LogP contribution in [0.2, 0.25) is 0 Å². The average molecular weight is 356 g/mol. The molecule has 0 radical (unpaired) electrons. The van der Waals surface area contributed by atoms with E-state index in [4.69, 9.17) is 14.2 Å². The summed E-state index contributed by atoms with van der Waals surface area (Å²) >= 11 is 0. The fourth-order valence-electron chi connectivity index (χ4n) is 2.14. The summed E-state index contributed by atoms with van der Waals surface area (Å²) in [5, 5.41) is 0. The van der Waals surface area contributed by atoms with Crippen molar-refractivity contribution >= 4 is 11.9 Å². The van der Waals surface area contributed by atoms with E-state index < -0.39 is 18.0 Å². The van der Waals surface area contributed by atoms with Crippen molar-refractivity contribution in [3.8, 4) is 5.75 Å². The van der Waals surface area contributed by atoms with E-state index in [9.17, 15) is 9.59 Å². The van der Waals surface area contributed by atoms with Crippen LogP contribution in [0.15, 0.2) is 54.6 Å². The van der Waals surface area contributed by atoms with Crippen LogP contribution in [0.1, 0.15) is 42.6 Å². The first-order valence-electron chi connectivity index (χ1n) is 8.74. The molecule has 2 rings (SSSR count). The van der Waals surface area contributed by atoms with Gasteiger partial charge in [-0.1, -0.05) is 43.7 Å². The van der Waals surface area contributed by atoms with Gasteiger partial charge in [-0.2, -0.15) is 0 Å². The van der Waals surface area contributed by atoms with Crippen LogP contribution < -0.4 is 4.74 Å². The maximum Gasteiger partial charge on any atom is 0.347 e. The van der Waals surface area contributed by atoms with Gasteiger partial charge in [-0.15, -0.1) is 0 Å². The molecule has 2 aromatic rings. The standard InChI is InChI=1S/C21H24O5/c1-3-4-14-24-20(22)16(2)26-21(23)18-10-12-19(13-11-18)25-15-17-8-6-5-7-9-17/h5-13,16H,3-4,14-15H2,1-2H3. The lowest BCUT2D eigenvalue weighted by molar-refractivity contribution is -0.153. The van der Waals surface area contributed by atoms with Crippen LogP contribution in [0.4, 0.5) is 0 Å². The highest BCUT2D eigenvalue weighted by atomic mass is 16.6. The van der Waals surface area contributed by atoms with Crippen LogP contribution in [-0.4, -0.2) is 24.6 Å². The van der Waals surface area contributed by atoms with Gasteiger partial charge in [0, 0.05) is 0 Å². The van der Waals surface area contributed by atoms with E-state index >= 15 is 0 Å². The number of carbonyl (C=O) groups excluding carboxylic acids is 2. The second-order valence-electron chi connectivity index (χ2n) is 5.87. The van der Waals surface area contributed by atoms with Gasteiger partial charge in [-0.25, -0.2) is 9.59 Å². The normalized spacial score (nSPS) is 11.5. The predicted octanol–water partition coefficient (Wildman–Crippen LogP) is 4.15. The Labute approximate surface area is 153 Å². The topological polar surface area (TPSA) is 61.8 Å². The Morgan fingerprint density at radius 1 is 1.00 bits per heavy atom. The lowest BCUT2D eigenvalue weighted by Crippen LogP contribution is -2.26. The monoisotopic (exact) mass is 356 g/mol. The molecule has 0 N–H and O–H groups in total. The number of unbranched alkanes of at least 4 members (excludes halogenated alkanes) is 1. The number of carbonyl (C=O) groups is 2. The zero-order chi connectivity index (χ0) is 18.8. The number of benzene rings is 2. The van der Waals surface area contributed by atoms with Gasteiger partial charge in [0.1, 0.15) is 12.4 Å². The van der Waals surface area contributed by atoms with Gasteiger partial charge in [-0.05, 0) is 43.2 Å². The van der Waals surface area contributed by atoms with E-state index in [2.05, 4.69) is 0 Å². The molecule has 0 saturated carbocycles. The molecule has 5 heteroatoms. The van der Waals surface area contributed by atoms with Gasteiger partial charge in [0.25, 0.3) is 0 Å². The van der Waals surface area contributed by atoms with E-state index in [-0.39, 0.29) is 0 Å². The largest absolute Gasteiger partial charge is 0.489 e. The SMILES string of the molecule is CCCCOC(=O)C(C)OC(=O)c1ccc(OCc2ccccc2)cc1. The number of esters is 2. The quantitative estimate of drug-likeness (QED) is 0.499. The van der Waals surface area contributed by atoms with Crippen molar-refractivity contribution in [2.24, 2.45) is 0 Å². The Bertz CT molecular complexity index is 694. The molecule has 0 spiro atoms. The van der Waals surface area contributed by atoms with Crippen LogP contribution in [0.3, 0.4) is 0 Å². The van der Waals surface area contributed by atoms with Crippen molar-refractivity contribution in [2.45, 2.75) is 39.4 Å². The Morgan fingerprint density at radius 3 is 2.35 bits per heavy atom. The van der Waals surface area contributed by atoms with Crippen molar-refractivity contribution in [3.05, 3.63) is 65.7 Å². The van der Waals surface area contributed by atoms with Crippen molar-refractivity contribution in [1.29, 1.82) is 0 Å². The summed E-state index contributed by atoms with van der Waals surface area (Å²) in [6.45, 7) is 4.30. The first-order chi connectivity index (χ1) is 12.6. The molecule has 0 saturated heterocycles. The highest BCUT2D eigenvalue weighted by Crippen LogP contribution is 2.15. The van der Waals surface area contributed by atoms with E-state index in [1.54, 1.807) is 24.3 Å². The van der Waals surface area contributed by atoms with E-state index in [0.717, 1.165) is 18.4 Å². The molecule has 1 unspecified atom stereocenters. The van der Waals surface area contributed by atoms with Gasteiger partial charge in [0.2, 0.25) is 0 Å². The molecule has 26 heavy (non-hydrogen) atoms. The maximum atomic E-state index is 12.1. The first-order valence-corrected chi connectivity index (χ1v) is 8.74. The summed E-state index contributed by atoms with van der Waals surface area (Å²) < 4.78 is 15.9. The van der Waals surface area contributed by atoms with E-state index in [1.165, 1.54) is 6.92 Å². The van der Waals surface area contributed by atoms with E-state index in [0.29, 0.717) is 24.5 Å². The fraction of sp³-hybridized carbons (Fsp3) is 0.333. The molecule has 0 fully saturated rings. The summed E-state index contributed by atoms with van der Waals surface area (Å²) in [5.41, 5.74) is 1.41. The summed E-state index contributed by atoms with van der Waals surface area (Å²) in [6, 6.07) is 16.4. The van der Waals surface area contributed by atoms with Gasteiger partial charge < -0.3 is 14.2 Å². The minimum atomic E-state index is -0.937. The molecule has 0 amide bonds. The second-order valence-corrected chi connectivity index (χ2v) is 5.87. The van der Waals surface area contributed by atoms with Crippen molar-refractivity contribution < 1.29 is 23.8 Å². The molecule has 5 nitrogen and oxygen atoms in total. The number of hydrogen-bond acceptors (Lipinski definition) is 5. The maximum absolute atomic E-state index is 12.1. The first kappa shape index (κ1) is 19.5.